The number of halogens is 1. The fourth-order valence-electron chi connectivity index (χ4n) is 0.594. The lowest BCUT2D eigenvalue weighted by Crippen LogP contribution is -2.07. The monoisotopic (exact) mass is 161 g/mol. The first-order valence-electron chi connectivity index (χ1n) is 2.61. The second kappa shape index (κ2) is 2.58. The Morgan fingerprint density at radius 1 is 1.44 bits per heavy atom. The van der Waals surface area contributed by atoms with Gasteiger partial charge in [0, 0.05) is 24.9 Å². The summed E-state index contributed by atoms with van der Waals surface area (Å²) in [5.74, 6) is 0. The summed E-state index contributed by atoms with van der Waals surface area (Å²) in [5, 5.41) is 4.80. The average molecular weight is 162 g/mol. The van der Waals surface area contributed by atoms with Crippen molar-refractivity contribution >= 4 is 28.6 Å². The fraction of sp³-hybridized carbons (Fsp3) is 0.333. The molecule has 1 aromatic rings. The molecule has 3 heteroatoms. The highest BCUT2D eigenvalue weighted by molar-refractivity contribution is 7.09. The number of hydrogen-bond donors (Lipinski definition) is 0. The van der Waals surface area contributed by atoms with Crippen LogP contribution in [0.5, 0.6) is 0 Å². The second-order valence-corrected chi connectivity index (χ2v) is 3.15. The van der Waals surface area contributed by atoms with Gasteiger partial charge in [0.25, 0.3) is 0 Å². The lowest BCUT2D eigenvalue weighted by molar-refractivity contribution is 1.14. The zero-order chi connectivity index (χ0) is 6.85. The topological polar surface area (TPSA) is 3.24 Å². The summed E-state index contributed by atoms with van der Waals surface area (Å²) >= 11 is 7.42. The molecule has 0 saturated heterocycles. The van der Waals surface area contributed by atoms with Crippen LogP contribution in [0.3, 0.4) is 0 Å². The summed E-state index contributed by atoms with van der Waals surface area (Å²) in [4.78, 5) is 2.00. The predicted octanol–water partition coefficient (Wildman–Crippen LogP) is 2.47. The molecule has 0 atom stereocenters. The maximum absolute atomic E-state index is 5.80. The van der Waals surface area contributed by atoms with E-state index in [1.807, 2.05) is 29.8 Å². The van der Waals surface area contributed by atoms with Gasteiger partial charge in [0.2, 0.25) is 0 Å². The fourth-order valence-corrected chi connectivity index (χ4v) is 1.81. The number of thiophene rings is 1. The highest BCUT2D eigenvalue weighted by Crippen LogP contribution is 2.27. The Balaban J connectivity index is 2.94. The van der Waals surface area contributed by atoms with E-state index in [-0.39, 0.29) is 0 Å². The molecule has 1 heterocycles. The van der Waals surface area contributed by atoms with Gasteiger partial charge in [-0.25, -0.2) is 0 Å². The van der Waals surface area contributed by atoms with Crippen LogP contribution in [-0.2, 0) is 0 Å². The van der Waals surface area contributed by atoms with Gasteiger partial charge in [-0.2, -0.15) is 0 Å². The van der Waals surface area contributed by atoms with Crippen molar-refractivity contribution in [2.45, 2.75) is 0 Å². The van der Waals surface area contributed by atoms with E-state index in [0.717, 1.165) is 10.7 Å². The zero-order valence-corrected chi connectivity index (χ0v) is 6.96. The van der Waals surface area contributed by atoms with Crippen molar-refractivity contribution in [2.24, 2.45) is 0 Å². The van der Waals surface area contributed by atoms with Crippen LogP contribution in [0.4, 0.5) is 5.69 Å². The van der Waals surface area contributed by atoms with Crippen molar-refractivity contribution in [2.75, 3.05) is 19.0 Å². The molecular formula is C6H8ClNS. The van der Waals surface area contributed by atoms with Gasteiger partial charge < -0.3 is 4.90 Å². The maximum atomic E-state index is 5.80. The minimum absolute atomic E-state index is 0.838. The first-order valence-corrected chi connectivity index (χ1v) is 3.93. The van der Waals surface area contributed by atoms with E-state index in [0.29, 0.717) is 0 Å². The van der Waals surface area contributed by atoms with Gasteiger partial charge in [-0.05, 0) is 0 Å². The van der Waals surface area contributed by atoms with Crippen LogP contribution in [-0.4, -0.2) is 14.1 Å². The molecule has 0 aliphatic carbocycles. The van der Waals surface area contributed by atoms with Gasteiger partial charge in [-0.1, -0.05) is 11.6 Å². The third-order valence-corrected chi connectivity index (χ3v) is 2.24. The smallest absolute Gasteiger partial charge is 0.0746 e. The van der Waals surface area contributed by atoms with E-state index in [2.05, 4.69) is 0 Å². The van der Waals surface area contributed by atoms with Crippen molar-refractivity contribution in [3.05, 3.63) is 15.8 Å². The molecule has 0 spiro atoms. The standard InChI is InChI=1S/C6H8ClNS/c1-8(2)6-4-9-3-5(6)7/h3-4H,1-2H3. The molecule has 1 aromatic heterocycles. The second-order valence-electron chi connectivity index (χ2n) is 2.00. The van der Waals surface area contributed by atoms with E-state index in [4.69, 9.17) is 11.6 Å². The Labute approximate surface area is 63.9 Å². The molecule has 0 aromatic carbocycles. The van der Waals surface area contributed by atoms with E-state index in [9.17, 15) is 0 Å². The van der Waals surface area contributed by atoms with E-state index in [1.54, 1.807) is 11.3 Å². The quantitative estimate of drug-likeness (QED) is 0.612. The van der Waals surface area contributed by atoms with Gasteiger partial charge in [-0.3, -0.25) is 0 Å². The molecule has 0 aliphatic rings. The Bertz CT molecular complexity index is 195. The number of nitrogens with zero attached hydrogens (tertiary/aromatic N) is 1. The molecule has 50 valence electrons. The SMILES string of the molecule is CN(C)c1cscc1Cl. The summed E-state index contributed by atoms with van der Waals surface area (Å²) in [7, 11) is 3.96. The van der Waals surface area contributed by atoms with Crippen molar-refractivity contribution in [1.29, 1.82) is 0 Å². The van der Waals surface area contributed by atoms with Crippen LogP contribution in [0.15, 0.2) is 10.8 Å². The van der Waals surface area contributed by atoms with E-state index in [1.165, 1.54) is 0 Å². The molecule has 0 aliphatic heterocycles. The van der Waals surface area contributed by atoms with Gasteiger partial charge in [0.1, 0.15) is 0 Å². The van der Waals surface area contributed by atoms with Crippen LogP contribution in [0.1, 0.15) is 0 Å². The van der Waals surface area contributed by atoms with Crippen LogP contribution in [0, 0.1) is 0 Å². The normalized spacial score (nSPS) is 9.67. The molecule has 0 amide bonds. The van der Waals surface area contributed by atoms with Gasteiger partial charge in [0.15, 0.2) is 0 Å². The highest BCUT2D eigenvalue weighted by atomic mass is 35.5. The van der Waals surface area contributed by atoms with Gasteiger partial charge in [0.05, 0.1) is 10.7 Å². The zero-order valence-electron chi connectivity index (χ0n) is 5.39. The molecule has 1 nitrogen and oxygen atoms in total. The minimum atomic E-state index is 0.838. The molecule has 0 N–H and O–H groups in total. The molecule has 0 fully saturated rings. The molecule has 0 bridgehead atoms. The van der Waals surface area contributed by atoms with Crippen molar-refractivity contribution in [3.63, 3.8) is 0 Å². The largest absolute Gasteiger partial charge is 0.376 e. The van der Waals surface area contributed by atoms with Crippen LogP contribution >= 0.6 is 22.9 Å². The van der Waals surface area contributed by atoms with Crippen molar-refractivity contribution in [3.8, 4) is 0 Å². The molecule has 0 radical (unpaired) electrons. The minimum Gasteiger partial charge on any atom is -0.376 e. The predicted molar refractivity (Wildman–Crippen MR) is 43.7 cm³/mol. The number of hydrogen-bond acceptors (Lipinski definition) is 2. The molecular weight excluding hydrogens is 154 g/mol. The lowest BCUT2D eigenvalue weighted by atomic mass is 10.5. The lowest BCUT2D eigenvalue weighted by Gasteiger charge is -2.08. The van der Waals surface area contributed by atoms with E-state index >= 15 is 0 Å². The summed E-state index contributed by atoms with van der Waals surface area (Å²) in [6.07, 6.45) is 0. The van der Waals surface area contributed by atoms with Crippen LogP contribution in [0.2, 0.25) is 5.02 Å². The van der Waals surface area contributed by atoms with Crippen molar-refractivity contribution < 1.29 is 0 Å². The summed E-state index contributed by atoms with van der Waals surface area (Å²) in [5.41, 5.74) is 1.10. The molecule has 9 heavy (non-hydrogen) atoms. The molecule has 1 rings (SSSR count). The van der Waals surface area contributed by atoms with Crippen LogP contribution < -0.4 is 4.90 Å². The maximum Gasteiger partial charge on any atom is 0.0746 e. The Hall–Kier alpha value is -0.210. The Morgan fingerprint density at radius 2 is 2.11 bits per heavy atom. The molecule has 0 unspecified atom stereocenters. The van der Waals surface area contributed by atoms with Crippen LogP contribution in [0.25, 0.3) is 0 Å². The third kappa shape index (κ3) is 1.37. The number of rotatable bonds is 1. The summed E-state index contributed by atoms with van der Waals surface area (Å²) in [6, 6.07) is 0. The van der Waals surface area contributed by atoms with Gasteiger partial charge in [-0.15, -0.1) is 11.3 Å². The Kier molecular flexibility index (Phi) is 1.98. The summed E-state index contributed by atoms with van der Waals surface area (Å²) < 4.78 is 0. The highest BCUT2D eigenvalue weighted by Gasteiger charge is 2.00. The average Bonchev–Trinajstić information content (AvgIpc) is 2.13. The first kappa shape index (κ1) is 6.90. The summed E-state index contributed by atoms with van der Waals surface area (Å²) in [6.45, 7) is 0. The van der Waals surface area contributed by atoms with Crippen molar-refractivity contribution in [1.82, 2.24) is 0 Å². The number of anilines is 1. The van der Waals surface area contributed by atoms with E-state index < -0.39 is 0 Å². The van der Waals surface area contributed by atoms with Gasteiger partial charge >= 0.3 is 0 Å². The Morgan fingerprint density at radius 3 is 2.33 bits per heavy atom. The molecule has 0 saturated carbocycles. The third-order valence-electron chi connectivity index (χ3n) is 1.08. The first-order chi connectivity index (χ1) is 4.22.